The lowest BCUT2D eigenvalue weighted by molar-refractivity contribution is -0.302. The Kier molecular flexibility index (Phi) is 41.2. The van der Waals surface area contributed by atoms with Gasteiger partial charge in [-0.3, -0.25) is 4.79 Å². The van der Waals surface area contributed by atoms with Crippen LogP contribution in [0.15, 0.2) is 24.3 Å². The van der Waals surface area contributed by atoms with Crippen LogP contribution in [0.1, 0.15) is 251 Å². The predicted octanol–water partition coefficient (Wildman–Crippen LogP) is 12.2. The molecule has 1 saturated heterocycles. The molecule has 9 nitrogen and oxygen atoms in total. The molecular formula is C53H101NO8. The van der Waals surface area contributed by atoms with Gasteiger partial charge in [0.2, 0.25) is 5.91 Å². The lowest BCUT2D eigenvalue weighted by Crippen LogP contribution is -2.60. The van der Waals surface area contributed by atoms with E-state index in [2.05, 4.69) is 31.3 Å². The molecule has 366 valence electrons. The molecule has 1 rings (SSSR count). The number of carbonyl (C=O) groups is 1. The SMILES string of the molecule is CCCCCCCCCCC/C=C/C(O)C(COC1OC(CO)C(O)C(O)C1O)NC(=O)CCCCCCCCCCCCCC/C=C\CCCCCCCCCCCCCC. The first-order valence-electron chi connectivity index (χ1n) is 26.6. The number of allylic oxidation sites excluding steroid dienone is 3. The van der Waals surface area contributed by atoms with E-state index < -0.39 is 49.5 Å². The van der Waals surface area contributed by atoms with Gasteiger partial charge in [-0.1, -0.05) is 224 Å². The van der Waals surface area contributed by atoms with Crippen LogP contribution in [0.25, 0.3) is 0 Å². The highest BCUT2D eigenvalue weighted by atomic mass is 16.7. The second-order valence-corrected chi connectivity index (χ2v) is 18.7. The zero-order valence-electron chi connectivity index (χ0n) is 40.4. The molecule has 0 saturated carbocycles. The van der Waals surface area contributed by atoms with E-state index >= 15 is 0 Å². The number of rotatable bonds is 45. The highest BCUT2D eigenvalue weighted by Crippen LogP contribution is 2.23. The summed E-state index contributed by atoms with van der Waals surface area (Å²) >= 11 is 0. The number of unbranched alkanes of at least 4 members (excludes halogenated alkanes) is 33. The number of hydrogen-bond donors (Lipinski definition) is 6. The normalized spacial score (nSPS) is 20.4. The maximum absolute atomic E-state index is 13.0. The fourth-order valence-electron chi connectivity index (χ4n) is 8.51. The van der Waals surface area contributed by atoms with Gasteiger partial charge in [0.25, 0.3) is 0 Å². The molecule has 0 aromatic rings. The third-order valence-corrected chi connectivity index (χ3v) is 12.8. The second kappa shape index (κ2) is 43.6. The molecule has 7 unspecified atom stereocenters. The number of aliphatic hydroxyl groups is 5. The summed E-state index contributed by atoms with van der Waals surface area (Å²) < 4.78 is 11.2. The van der Waals surface area contributed by atoms with Crippen LogP contribution in [0.4, 0.5) is 0 Å². The van der Waals surface area contributed by atoms with Crippen molar-refractivity contribution in [1.29, 1.82) is 0 Å². The van der Waals surface area contributed by atoms with Crippen molar-refractivity contribution in [3.05, 3.63) is 24.3 Å². The number of nitrogens with one attached hydrogen (secondary N) is 1. The second-order valence-electron chi connectivity index (χ2n) is 18.7. The number of aliphatic hydroxyl groups excluding tert-OH is 5. The third-order valence-electron chi connectivity index (χ3n) is 12.8. The van der Waals surface area contributed by atoms with E-state index in [1.54, 1.807) is 6.08 Å². The lowest BCUT2D eigenvalue weighted by Gasteiger charge is -2.40. The van der Waals surface area contributed by atoms with Gasteiger partial charge < -0.3 is 40.3 Å². The standard InChI is InChI=1S/C53H101NO8/c1-3-5-7-9-11-13-15-16-17-18-19-20-21-22-23-24-25-26-27-28-29-30-31-33-35-37-39-41-43-49(57)54-46(45-61-53-52(60)51(59)50(58)48(44-55)62-53)47(56)42-40-38-36-34-32-14-12-10-8-6-4-2/h22-23,40,42,46-48,50-53,55-56,58-60H,3-21,24-39,41,43-45H2,1-2H3,(H,54,57)/b23-22-,42-40+. The van der Waals surface area contributed by atoms with Gasteiger partial charge in [0.1, 0.15) is 24.4 Å². The van der Waals surface area contributed by atoms with Gasteiger partial charge in [-0.05, 0) is 44.9 Å². The van der Waals surface area contributed by atoms with Crippen molar-refractivity contribution in [3.63, 3.8) is 0 Å². The Morgan fingerprint density at radius 3 is 1.31 bits per heavy atom. The monoisotopic (exact) mass is 880 g/mol. The summed E-state index contributed by atoms with van der Waals surface area (Å²) in [4.78, 5) is 13.0. The predicted molar refractivity (Wildman–Crippen MR) is 258 cm³/mol. The quantitative estimate of drug-likeness (QED) is 0.0262. The van der Waals surface area contributed by atoms with Crippen LogP contribution in [0.2, 0.25) is 0 Å². The van der Waals surface area contributed by atoms with Crippen molar-refractivity contribution >= 4 is 5.91 Å². The van der Waals surface area contributed by atoms with Crippen LogP contribution in [-0.4, -0.2) is 87.5 Å². The minimum atomic E-state index is -1.56. The first kappa shape index (κ1) is 58.7. The number of hydrogen-bond acceptors (Lipinski definition) is 8. The van der Waals surface area contributed by atoms with Crippen LogP contribution in [0, 0.1) is 0 Å². The molecular weight excluding hydrogens is 779 g/mol. The van der Waals surface area contributed by atoms with Gasteiger partial charge in [-0.2, -0.15) is 0 Å². The van der Waals surface area contributed by atoms with Gasteiger partial charge >= 0.3 is 0 Å². The van der Waals surface area contributed by atoms with Gasteiger partial charge in [0.05, 0.1) is 25.4 Å². The van der Waals surface area contributed by atoms with Crippen molar-refractivity contribution < 1.29 is 39.8 Å². The van der Waals surface area contributed by atoms with Crippen LogP contribution in [0.3, 0.4) is 0 Å². The third kappa shape index (κ3) is 33.2. The number of amides is 1. The van der Waals surface area contributed by atoms with Crippen molar-refractivity contribution in [2.24, 2.45) is 0 Å². The molecule has 1 aliphatic heterocycles. The van der Waals surface area contributed by atoms with Gasteiger partial charge in [0, 0.05) is 6.42 Å². The van der Waals surface area contributed by atoms with Crippen LogP contribution < -0.4 is 5.32 Å². The maximum atomic E-state index is 13.0. The molecule has 62 heavy (non-hydrogen) atoms. The Morgan fingerprint density at radius 2 is 0.903 bits per heavy atom. The van der Waals surface area contributed by atoms with Crippen LogP contribution in [-0.2, 0) is 14.3 Å². The molecule has 1 fully saturated rings. The molecule has 0 radical (unpaired) electrons. The summed E-state index contributed by atoms with van der Waals surface area (Å²) in [7, 11) is 0. The Bertz CT molecular complexity index is 1020. The Balaban J connectivity index is 2.16. The topological polar surface area (TPSA) is 149 Å². The summed E-state index contributed by atoms with van der Waals surface area (Å²) in [6.07, 6.45) is 46.8. The molecule has 0 bridgehead atoms. The Hall–Kier alpha value is -1.33. The molecule has 7 atom stereocenters. The number of carbonyl (C=O) groups excluding carboxylic acids is 1. The van der Waals surface area contributed by atoms with Gasteiger partial charge in [-0.25, -0.2) is 0 Å². The van der Waals surface area contributed by atoms with Crippen molar-refractivity contribution in [2.45, 2.75) is 294 Å². The summed E-state index contributed by atoms with van der Waals surface area (Å²) in [5.41, 5.74) is 0. The van der Waals surface area contributed by atoms with E-state index in [1.165, 1.54) is 193 Å². The van der Waals surface area contributed by atoms with Gasteiger partial charge in [-0.15, -0.1) is 0 Å². The van der Waals surface area contributed by atoms with Crippen molar-refractivity contribution in [1.82, 2.24) is 5.32 Å². The Morgan fingerprint density at radius 1 is 0.532 bits per heavy atom. The minimum absolute atomic E-state index is 0.176. The van der Waals surface area contributed by atoms with E-state index in [4.69, 9.17) is 9.47 Å². The highest BCUT2D eigenvalue weighted by molar-refractivity contribution is 5.76. The average Bonchev–Trinajstić information content (AvgIpc) is 3.27. The largest absolute Gasteiger partial charge is 0.394 e. The zero-order valence-corrected chi connectivity index (χ0v) is 40.4. The lowest BCUT2D eigenvalue weighted by atomic mass is 9.99. The van der Waals surface area contributed by atoms with Crippen molar-refractivity contribution in [3.8, 4) is 0 Å². The molecule has 1 aliphatic rings. The summed E-state index contributed by atoms with van der Waals surface area (Å²) in [6.45, 7) is 3.78. The first-order chi connectivity index (χ1) is 30.3. The smallest absolute Gasteiger partial charge is 0.220 e. The van der Waals surface area contributed by atoms with Crippen molar-refractivity contribution in [2.75, 3.05) is 13.2 Å². The van der Waals surface area contributed by atoms with E-state index in [0.29, 0.717) is 6.42 Å². The Labute approximate surface area is 381 Å². The first-order valence-corrected chi connectivity index (χ1v) is 26.6. The van der Waals surface area contributed by atoms with E-state index in [-0.39, 0.29) is 12.5 Å². The average molecular weight is 880 g/mol. The molecule has 6 N–H and O–H groups in total. The van der Waals surface area contributed by atoms with E-state index in [9.17, 15) is 30.3 Å². The summed E-state index contributed by atoms with van der Waals surface area (Å²) in [6, 6.07) is -0.801. The summed E-state index contributed by atoms with van der Waals surface area (Å²) in [5, 5.41) is 54.2. The van der Waals surface area contributed by atoms with Gasteiger partial charge in [0.15, 0.2) is 6.29 Å². The molecule has 9 heteroatoms. The van der Waals surface area contributed by atoms with E-state index in [0.717, 1.165) is 38.5 Å². The van der Waals surface area contributed by atoms with Crippen LogP contribution >= 0.6 is 0 Å². The summed E-state index contributed by atoms with van der Waals surface area (Å²) in [5.74, 6) is -0.176. The molecule has 1 amide bonds. The maximum Gasteiger partial charge on any atom is 0.220 e. The molecule has 0 spiro atoms. The fraction of sp³-hybridized carbons (Fsp3) is 0.906. The fourth-order valence-corrected chi connectivity index (χ4v) is 8.51. The number of ether oxygens (including phenoxy) is 2. The molecule has 1 heterocycles. The minimum Gasteiger partial charge on any atom is -0.394 e. The molecule has 0 aromatic heterocycles. The van der Waals surface area contributed by atoms with E-state index in [1.807, 2.05) is 6.08 Å². The van der Waals surface area contributed by atoms with Crippen LogP contribution in [0.5, 0.6) is 0 Å². The zero-order chi connectivity index (χ0) is 45.1. The molecule has 0 aliphatic carbocycles. The highest BCUT2D eigenvalue weighted by Gasteiger charge is 2.44. The molecule has 0 aromatic carbocycles.